The van der Waals surface area contributed by atoms with Crippen LogP contribution >= 0.6 is 0 Å². The minimum Gasteiger partial charge on any atom is -0.381 e. The standard InChI is InChI=1S/C14H30O/c1-6-10-13(15-5)12-14(8-3,9-4)11-7-2/h13H,6-12H2,1-5H3. The van der Waals surface area contributed by atoms with Gasteiger partial charge in [0.25, 0.3) is 0 Å². The van der Waals surface area contributed by atoms with Gasteiger partial charge in [0.05, 0.1) is 6.10 Å². The number of ether oxygens (including phenoxy) is 1. The highest BCUT2D eigenvalue weighted by Crippen LogP contribution is 2.38. The molecule has 0 amide bonds. The van der Waals surface area contributed by atoms with Gasteiger partial charge in [-0.05, 0) is 24.7 Å². The van der Waals surface area contributed by atoms with Gasteiger partial charge in [0, 0.05) is 7.11 Å². The third-order valence-electron chi connectivity index (χ3n) is 3.88. The van der Waals surface area contributed by atoms with Crippen molar-refractivity contribution in [2.45, 2.75) is 78.7 Å². The average Bonchev–Trinajstić information content (AvgIpc) is 2.27. The molecule has 0 rings (SSSR count). The maximum atomic E-state index is 5.60. The minimum atomic E-state index is 0.474. The molecular weight excluding hydrogens is 184 g/mol. The van der Waals surface area contributed by atoms with E-state index in [9.17, 15) is 0 Å². The molecule has 0 aliphatic heterocycles. The monoisotopic (exact) mass is 214 g/mol. The Hall–Kier alpha value is -0.0400. The lowest BCUT2D eigenvalue weighted by Gasteiger charge is -2.34. The fourth-order valence-electron chi connectivity index (χ4n) is 2.63. The van der Waals surface area contributed by atoms with Crippen molar-refractivity contribution in [3.05, 3.63) is 0 Å². The Morgan fingerprint density at radius 3 is 1.93 bits per heavy atom. The average molecular weight is 214 g/mol. The molecule has 0 aromatic rings. The first kappa shape index (κ1) is 15.0. The highest BCUT2D eigenvalue weighted by molar-refractivity contribution is 4.79. The molecule has 0 aromatic carbocycles. The molecule has 0 N–H and O–H groups in total. The van der Waals surface area contributed by atoms with E-state index in [0.29, 0.717) is 11.5 Å². The zero-order valence-corrected chi connectivity index (χ0v) is 11.4. The van der Waals surface area contributed by atoms with Crippen molar-refractivity contribution >= 4 is 0 Å². The molecule has 92 valence electrons. The first-order chi connectivity index (χ1) is 7.17. The van der Waals surface area contributed by atoms with Crippen LogP contribution in [0.4, 0.5) is 0 Å². The minimum absolute atomic E-state index is 0.474. The van der Waals surface area contributed by atoms with Crippen LogP contribution in [0, 0.1) is 5.41 Å². The van der Waals surface area contributed by atoms with Crippen LogP contribution in [0.15, 0.2) is 0 Å². The molecule has 0 saturated carbocycles. The van der Waals surface area contributed by atoms with E-state index in [1.165, 1.54) is 44.9 Å². The van der Waals surface area contributed by atoms with E-state index in [4.69, 9.17) is 4.74 Å². The highest BCUT2D eigenvalue weighted by atomic mass is 16.5. The summed E-state index contributed by atoms with van der Waals surface area (Å²) >= 11 is 0. The van der Waals surface area contributed by atoms with E-state index in [1.54, 1.807) is 0 Å². The Morgan fingerprint density at radius 2 is 1.60 bits per heavy atom. The molecule has 1 nitrogen and oxygen atoms in total. The number of hydrogen-bond donors (Lipinski definition) is 0. The van der Waals surface area contributed by atoms with Gasteiger partial charge < -0.3 is 4.74 Å². The molecule has 1 heteroatoms. The molecule has 0 radical (unpaired) electrons. The van der Waals surface area contributed by atoms with Gasteiger partial charge in [-0.3, -0.25) is 0 Å². The van der Waals surface area contributed by atoms with Crippen LogP contribution in [0.25, 0.3) is 0 Å². The van der Waals surface area contributed by atoms with Crippen molar-refractivity contribution in [1.29, 1.82) is 0 Å². The Labute approximate surface area is 96.6 Å². The molecule has 0 aliphatic carbocycles. The fourth-order valence-corrected chi connectivity index (χ4v) is 2.63. The van der Waals surface area contributed by atoms with Gasteiger partial charge >= 0.3 is 0 Å². The predicted molar refractivity (Wildman–Crippen MR) is 68.2 cm³/mol. The molecule has 0 aromatic heterocycles. The summed E-state index contributed by atoms with van der Waals surface area (Å²) in [5.41, 5.74) is 0.532. The fraction of sp³-hybridized carbons (Fsp3) is 1.00. The summed E-state index contributed by atoms with van der Waals surface area (Å²) in [4.78, 5) is 0. The topological polar surface area (TPSA) is 9.23 Å². The van der Waals surface area contributed by atoms with E-state index >= 15 is 0 Å². The largest absolute Gasteiger partial charge is 0.381 e. The van der Waals surface area contributed by atoms with Gasteiger partial charge in [-0.2, -0.15) is 0 Å². The van der Waals surface area contributed by atoms with Crippen LogP contribution in [0.5, 0.6) is 0 Å². The smallest absolute Gasteiger partial charge is 0.0576 e. The second kappa shape index (κ2) is 8.15. The molecule has 0 saturated heterocycles. The third-order valence-corrected chi connectivity index (χ3v) is 3.88. The van der Waals surface area contributed by atoms with Crippen LogP contribution in [0.2, 0.25) is 0 Å². The number of hydrogen-bond acceptors (Lipinski definition) is 1. The molecule has 0 spiro atoms. The van der Waals surface area contributed by atoms with Gasteiger partial charge in [-0.15, -0.1) is 0 Å². The number of methoxy groups -OCH3 is 1. The first-order valence-electron chi connectivity index (χ1n) is 6.70. The van der Waals surface area contributed by atoms with Gasteiger partial charge in [0.2, 0.25) is 0 Å². The number of rotatable bonds is 9. The molecule has 0 bridgehead atoms. The van der Waals surface area contributed by atoms with Crippen LogP contribution in [-0.4, -0.2) is 13.2 Å². The molecular formula is C14H30O. The lowest BCUT2D eigenvalue weighted by molar-refractivity contribution is 0.0369. The van der Waals surface area contributed by atoms with Crippen LogP contribution < -0.4 is 0 Å². The van der Waals surface area contributed by atoms with Crippen molar-refractivity contribution in [3.8, 4) is 0 Å². The maximum Gasteiger partial charge on any atom is 0.0576 e. The normalized spacial score (nSPS) is 14.2. The Balaban J connectivity index is 4.34. The summed E-state index contributed by atoms with van der Waals surface area (Å²) < 4.78 is 5.60. The zero-order valence-electron chi connectivity index (χ0n) is 11.4. The molecule has 1 atom stereocenters. The molecule has 1 unspecified atom stereocenters. The van der Waals surface area contributed by atoms with Crippen LogP contribution in [0.3, 0.4) is 0 Å². The van der Waals surface area contributed by atoms with Crippen molar-refractivity contribution in [3.63, 3.8) is 0 Å². The van der Waals surface area contributed by atoms with Crippen molar-refractivity contribution in [1.82, 2.24) is 0 Å². The highest BCUT2D eigenvalue weighted by Gasteiger charge is 2.28. The SMILES string of the molecule is CCCC(CC(CC)(CC)CCC)OC. The van der Waals surface area contributed by atoms with E-state index in [-0.39, 0.29) is 0 Å². The van der Waals surface area contributed by atoms with E-state index in [0.717, 1.165) is 0 Å². The van der Waals surface area contributed by atoms with Crippen LogP contribution in [0.1, 0.15) is 72.6 Å². The Bertz CT molecular complexity index is 138. The van der Waals surface area contributed by atoms with Gasteiger partial charge in [-0.1, -0.05) is 53.4 Å². The zero-order chi connectivity index (χ0) is 11.7. The van der Waals surface area contributed by atoms with Crippen molar-refractivity contribution < 1.29 is 4.74 Å². The summed E-state index contributed by atoms with van der Waals surface area (Å²) in [6, 6.07) is 0. The molecule has 0 aliphatic rings. The summed E-state index contributed by atoms with van der Waals surface area (Å²) in [6.07, 6.45) is 9.39. The lowest BCUT2D eigenvalue weighted by Crippen LogP contribution is -2.26. The molecule has 0 fully saturated rings. The second-order valence-electron chi connectivity index (χ2n) is 4.81. The van der Waals surface area contributed by atoms with E-state index in [2.05, 4.69) is 27.7 Å². The summed E-state index contributed by atoms with van der Waals surface area (Å²) in [7, 11) is 1.86. The summed E-state index contributed by atoms with van der Waals surface area (Å²) in [5.74, 6) is 0. The maximum absolute atomic E-state index is 5.60. The van der Waals surface area contributed by atoms with Crippen LogP contribution in [-0.2, 0) is 4.74 Å². The first-order valence-corrected chi connectivity index (χ1v) is 6.70. The molecule has 0 heterocycles. The van der Waals surface area contributed by atoms with Crippen molar-refractivity contribution in [2.75, 3.05) is 7.11 Å². The predicted octanol–water partition coefficient (Wildman–Crippen LogP) is 4.80. The van der Waals surface area contributed by atoms with Crippen molar-refractivity contribution in [2.24, 2.45) is 5.41 Å². The van der Waals surface area contributed by atoms with Gasteiger partial charge in [-0.25, -0.2) is 0 Å². The lowest BCUT2D eigenvalue weighted by atomic mass is 9.73. The third kappa shape index (κ3) is 5.01. The van der Waals surface area contributed by atoms with Gasteiger partial charge in [0.15, 0.2) is 0 Å². The molecule has 15 heavy (non-hydrogen) atoms. The summed E-state index contributed by atoms with van der Waals surface area (Å²) in [5, 5.41) is 0. The van der Waals surface area contributed by atoms with E-state index in [1.807, 2.05) is 7.11 Å². The second-order valence-corrected chi connectivity index (χ2v) is 4.81. The Morgan fingerprint density at radius 1 is 1.00 bits per heavy atom. The summed E-state index contributed by atoms with van der Waals surface area (Å²) in [6.45, 7) is 9.20. The van der Waals surface area contributed by atoms with Gasteiger partial charge in [0.1, 0.15) is 0 Å². The van der Waals surface area contributed by atoms with E-state index < -0.39 is 0 Å². The Kier molecular flexibility index (Phi) is 8.13. The quantitative estimate of drug-likeness (QED) is 0.536.